The van der Waals surface area contributed by atoms with Gasteiger partial charge in [-0.15, -0.1) is 0 Å². The molecular formula is C18H17BrN2O5S. The van der Waals surface area contributed by atoms with Crippen LogP contribution in [0, 0.1) is 0 Å². The molecule has 1 aliphatic heterocycles. The van der Waals surface area contributed by atoms with Crippen LogP contribution in [0.5, 0.6) is 0 Å². The molecule has 0 unspecified atom stereocenters. The summed E-state index contributed by atoms with van der Waals surface area (Å²) >= 11 is 3.22. The van der Waals surface area contributed by atoms with Crippen molar-refractivity contribution in [1.82, 2.24) is 4.98 Å². The summed E-state index contributed by atoms with van der Waals surface area (Å²) in [6.07, 6.45) is 5.43. The van der Waals surface area contributed by atoms with Gasteiger partial charge in [0.15, 0.2) is 12.4 Å². The lowest BCUT2D eigenvalue weighted by molar-refractivity contribution is 0.0474. The Labute approximate surface area is 165 Å². The number of hydrogen-bond donors (Lipinski definition) is 0. The van der Waals surface area contributed by atoms with Gasteiger partial charge in [0.2, 0.25) is 10.0 Å². The minimum absolute atomic E-state index is 0.242. The van der Waals surface area contributed by atoms with Gasteiger partial charge in [0.1, 0.15) is 0 Å². The van der Waals surface area contributed by atoms with E-state index < -0.39 is 22.6 Å². The second kappa shape index (κ2) is 7.77. The Morgan fingerprint density at radius 3 is 2.70 bits per heavy atom. The van der Waals surface area contributed by atoms with Crippen molar-refractivity contribution in [2.45, 2.75) is 12.8 Å². The molecular weight excluding hydrogens is 436 g/mol. The van der Waals surface area contributed by atoms with Crippen LogP contribution < -0.4 is 4.31 Å². The third kappa shape index (κ3) is 4.54. The Morgan fingerprint density at radius 2 is 2.00 bits per heavy atom. The van der Waals surface area contributed by atoms with Crippen molar-refractivity contribution in [3.05, 3.63) is 57.8 Å². The van der Waals surface area contributed by atoms with Crippen LogP contribution in [0.3, 0.4) is 0 Å². The van der Waals surface area contributed by atoms with Crippen molar-refractivity contribution in [2.24, 2.45) is 0 Å². The number of Topliss-reactive ketones (excluding diaryl/α,β-unsaturated/α-hetero) is 1. The number of aryl methyl sites for hydroxylation is 1. The first-order valence-electron chi connectivity index (χ1n) is 8.17. The second-order valence-corrected chi connectivity index (χ2v) is 9.00. The number of ether oxygens (including phenoxy) is 1. The van der Waals surface area contributed by atoms with Crippen molar-refractivity contribution >= 4 is 43.4 Å². The zero-order valence-electron chi connectivity index (χ0n) is 14.5. The number of pyridine rings is 1. The average Bonchev–Trinajstić information content (AvgIpc) is 2.64. The lowest BCUT2D eigenvalue weighted by Crippen LogP contribution is -2.34. The third-order valence-electron chi connectivity index (χ3n) is 4.15. The summed E-state index contributed by atoms with van der Waals surface area (Å²) in [4.78, 5) is 28.3. The molecule has 0 fully saturated rings. The van der Waals surface area contributed by atoms with E-state index in [-0.39, 0.29) is 11.3 Å². The Hall–Kier alpha value is -2.26. The van der Waals surface area contributed by atoms with E-state index in [0.717, 1.165) is 11.8 Å². The summed E-state index contributed by atoms with van der Waals surface area (Å²) in [7, 11) is -3.36. The van der Waals surface area contributed by atoms with Crippen LogP contribution >= 0.6 is 15.9 Å². The SMILES string of the molecule is CS(=O)(=O)N1CCCc2cc(C(=O)COC(=O)c3cncc(Br)c3)ccc21. The summed E-state index contributed by atoms with van der Waals surface area (Å²) < 4.78 is 30.8. The van der Waals surface area contributed by atoms with Crippen molar-refractivity contribution < 1.29 is 22.7 Å². The standard InChI is InChI=1S/C18H17BrN2O5S/c1-27(24,25)21-6-2-3-12-7-13(4-5-16(12)21)17(22)11-26-18(23)14-8-15(19)10-20-9-14/h4-5,7-10H,2-3,6,11H2,1H3. The van der Waals surface area contributed by atoms with Gasteiger partial charge in [0, 0.05) is 29.0 Å². The van der Waals surface area contributed by atoms with E-state index in [1.54, 1.807) is 24.3 Å². The second-order valence-electron chi connectivity index (χ2n) is 6.17. The average molecular weight is 453 g/mol. The lowest BCUT2D eigenvalue weighted by Gasteiger charge is -2.29. The first-order valence-corrected chi connectivity index (χ1v) is 10.8. The predicted octanol–water partition coefficient (Wildman–Crippen LogP) is 2.60. The molecule has 1 aromatic carbocycles. The van der Waals surface area contributed by atoms with Crippen LogP contribution in [0.25, 0.3) is 0 Å². The van der Waals surface area contributed by atoms with Crippen LogP contribution in [-0.2, 0) is 21.2 Å². The molecule has 0 radical (unpaired) electrons. The van der Waals surface area contributed by atoms with Crippen LogP contribution in [0.1, 0.15) is 32.7 Å². The summed E-state index contributed by atoms with van der Waals surface area (Å²) in [5, 5.41) is 0. The number of anilines is 1. The number of nitrogens with zero attached hydrogens (tertiary/aromatic N) is 2. The van der Waals surface area contributed by atoms with Gasteiger partial charge in [-0.1, -0.05) is 0 Å². The number of aromatic nitrogens is 1. The normalized spacial score (nSPS) is 13.8. The molecule has 0 amide bonds. The van der Waals surface area contributed by atoms with Crippen LogP contribution in [0.4, 0.5) is 5.69 Å². The van der Waals surface area contributed by atoms with Crippen LogP contribution in [-0.4, -0.2) is 44.6 Å². The summed E-state index contributed by atoms with van der Waals surface area (Å²) in [5.74, 6) is -0.996. The van der Waals surface area contributed by atoms with E-state index >= 15 is 0 Å². The van der Waals surface area contributed by atoms with Gasteiger partial charge >= 0.3 is 5.97 Å². The van der Waals surface area contributed by atoms with E-state index in [4.69, 9.17) is 4.74 Å². The number of ketones is 1. The topological polar surface area (TPSA) is 93.6 Å². The molecule has 0 saturated carbocycles. The number of halogens is 1. The van der Waals surface area contributed by atoms with Gasteiger partial charge < -0.3 is 4.74 Å². The van der Waals surface area contributed by atoms with E-state index in [1.165, 1.54) is 16.7 Å². The molecule has 2 heterocycles. The molecule has 3 rings (SSSR count). The van der Waals surface area contributed by atoms with Gasteiger partial charge in [-0.25, -0.2) is 13.2 Å². The molecule has 9 heteroatoms. The minimum atomic E-state index is -3.36. The van der Waals surface area contributed by atoms with Gasteiger partial charge in [-0.2, -0.15) is 0 Å². The molecule has 0 N–H and O–H groups in total. The van der Waals surface area contributed by atoms with Gasteiger partial charge in [-0.3, -0.25) is 14.1 Å². The van der Waals surface area contributed by atoms with Crippen molar-refractivity contribution in [1.29, 1.82) is 0 Å². The number of carbonyl (C=O) groups excluding carboxylic acids is 2. The molecule has 27 heavy (non-hydrogen) atoms. The number of benzene rings is 1. The van der Waals surface area contributed by atoms with E-state index in [2.05, 4.69) is 20.9 Å². The van der Waals surface area contributed by atoms with Crippen molar-refractivity contribution in [3.8, 4) is 0 Å². The van der Waals surface area contributed by atoms with Crippen LogP contribution in [0.2, 0.25) is 0 Å². The van der Waals surface area contributed by atoms with Gasteiger partial charge in [0.05, 0.1) is 17.5 Å². The van der Waals surface area contributed by atoms with Gasteiger partial charge in [0.25, 0.3) is 0 Å². The maximum absolute atomic E-state index is 12.4. The maximum Gasteiger partial charge on any atom is 0.340 e. The lowest BCUT2D eigenvalue weighted by atomic mass is 9.99. The highest BCUT2D eigenvalue weighted by Gasteiger charge is 2.25. The smallest absolute Gasteiger partial charge is 0.340 e. The molecule has 1 aromatic heterocycles. The molecule has 1 aliphatic rings. The summed E-state index contributed by atoms with van der Waals surface area (Å²) in [6.45, 7) is 0.0251. The number of sulfonamides is 1. The Balaban J connectivity index is 1.72. The van der Waals surface area contributed by atoms with Gasteiger partial charge in [-0.05, 0) is 58.6 Å². The number of carbonyl (C=O) groups is 2. The number of hydrogen-bond acceptors (Lipinski definition) is 6. The molecule has 7 nitrogen and oxygen atoms in total. The predicted molar refractivity (Wildman–Crippen MR) is 104 cm³/mol. The van der Waals surface area contributed by atoms with Crippen molar-refractivity contribution in [2.75, 3.05) is 23.7 Å². The zero-order valence-corrected chi connectivity index (χ0v) is 16.9. The van der Waals surface area contributed by atoms with E-state index in [9.17, 15) is 18.0 Å². The molecule has 0 aliphatic carbocycles. The Bertz CT molecular complexity index is 1010. The van der Waals surface area contributed by atoms with Crippen molar-refractivity contribution in [3.63, 3.8) is 0 Å². The zero-order chi connectivity index (χ0) is 19.6. The fourth-order valence-electron chi connectivity index (χ4n) is 2.90. The monoisotopic (exact) mass is 452 g/mol. The minimum Gasteiger partial charge on any atom is -0.454 e. The summed E-state index contributed by atoms with van der Waals surface area (Å²) in [6, 6.07) is 6.41. The fraction of sp³-hybridized carbons (Fsp3) is 0.278. The van der Waals surface area contributed by atoms with Crippen LogP contribution in [0.15, 0.2) is 41.1 Å². The Morgan fingerprint density at radius 1 is 1.22 bits per heavy atom. The highest BCUT2D eigenvalue weighted by atomic mass is 79.9. The number of esters is 1. The first-order chi connectivity index (χ1) is 12.8. The molecule has 0 atom stereocenters. The molecule has 2 aromatic rings. The molecule has 142 valence electrons. The highest BCUT2D eigenvalue weighted by Crippen LogP contribution is 2.30. The van der Waals surface area contributed by atoms with E-state index in [1.807, 2.05) is 0 Å². The molecule has 0 saturated heterocycles. The number of rotatable bonds is 5. The highest BCUT2D eigenvalue weighted by molar-refractivity contribution is 9.10. The summed E-state index contributed by atoms with van der Waals surface area (Å²) in [5.41, 5.74) is 2.01. The fourth-order valence-corrected chi connectivity index (χ4v) is 4.26. The largest absolute Gasteiger partial charge is 0.454 e. The first kappa shape index (κ1) is 19.5. The molecule has 0 bridgehead atoms. The third-order valence-corrected chi connectivity index (χ3v) is 5.77. The Kier molecular flexibility index (Phi) is 5.61. The quantitative estimate of drug-likeness (QED) is 0.511. The van der Waals surface area contributed by atoms with E-state index in [0.29, 0.717) is 35.1 Å². The number of fused-ring (bicyclic) bond motifs is 1. The molecule has 0 spiro atoms. The maximum atomic E-state index is 12.4.